The summed E-state index contributed by atoms with van der Waals surface area (Å²) in [4.78, 5) is 36.8. The van der Waals surface area contributed by atoms with Gasteiger partial charge < -0.3 is 44.8 Å². The third-order valence-electron chi connectivity index (χ3n) is 17.7. The van der Waals surface area contributed by atoms with E-state index in [1.165, 1.54) is 44.5 Å². The van der Waals surface area contributed by atoms with Gasteiger partial charge in [0, 0.05) is 45.0 Å². The first-order valence-electron chi connectivity index (χ1n) is 36.8. The van der Waals surface area contributed by atoms with Gasteiger partial charge in [-0.3, -0.25) is 9.59 Å². The lowest BCUT2D eigenvalue weighted by atomic mass is 9.79. The first kappa shape index (κ1) is 85.5. The molecule has 0 spiro atoms. The average Bonchev–Trinajstić information content (AvgIpc) is 0.820. The predicted molar refractivity (Wildman–Crippen MR) is 422 cm³/mol. The number of nitrogens with two attached hydrogens (primary N) is 1. The number of benzene rings is 7. The van der Waals surface area contributed by atoms with Gasteiger partial charge in [0.2, 0.25) is 0 Å². The molecule has 0 aliphatic carbocycles. The van der Waals surface area contributed by atoms with Crippen molar-refractivity contribution >= 4 is 23.3 Å². The zero-order valence-electron chi connectivity index (χ0n) is 66.1. The van der Waals surface area contributed by atoms with E-state index in [2.05, 4.69) is 257 Å². The average molecular weight is 1400 g/mol. The van der Waals surface area contributed by atoms with Crippen molar-refractivity contribution < 1.29 is 42.8 Å². The molecule has 12 nitrogen and oxygen atoms in total. The molecule has 0 saturated heterocycles. The van der Waals surface area contributed by atoms with E-state index in [4.69, 9.17) is 34.2 Å². The first-order chi connectivity index (χ1) is 47.9. The Balaban J connectivity index is 0.000000251. The van der Waals surface area contributed by atoms with E-state index in [1.54, 1.807) is 7.05 Å². The van der Waals surface area contributed by atoms with Crippen LogP contribution in [0.3, 0.4) is 0 Å². The van der Waals surface area contributed by atoms with Gasteiger partial charge in [-0.15, -0.1) is 0 Å². The molecule has 0 unspecified atom stereocenters. The van der Waals surface area contributed by atoms with Gasteiger partial charge in [-0.05, 0) is 148 Å². The van der Waals surface area contributed by atoms with Crippen LogP contribution in [-0.4, -0.2) is 77.5 Å². The topological polar surface area (TPSA) is 157 Å². The van der Waals surface area contributed by atoms with Gasteiger partial charge in [-0.25, -0.2) is 4.79 Å². The van der Waals surface area contributed by atoms with Crippen LogP contribution in [0, 0.1) is 6.92 Å². The Labute approximate surface area is 615 Å². The van der Waals surface area contributed by atoms with E-state index < -0.39 is 0 Å². The second-order valence-electron chi connectivity index (χ2n) is 33.3. The lowest BCUT2D eigenvalue weighted by Gasteiger charge is -2.26. The second-order valence-corrected chi connectivity index (χ2v) is 33.3. The molecular weight excluding hydrogens is 1270 g/mol. The molecule has 4 aliphatic rings. The van der Waals surface area contributed by atoms with E-state index in [9.17, 15) is 14.4 Å². The number of Topliss-reactive ketones (excluding diaryl/α,β-unsaturated/α-hetero) is 2. The number of nitrogens with one attached hydrogen (secondary N) is 2. The van der Waals surface area contributed by atoms with E-state index in [0.29, 0.717) is 124 Å². The number of hydrogen-bond donors (Lipinski definition) is 3. The number of amides is 2. The van der Waals surface area contributed by atoms with Crippen molar-refractivity contribution in [3.05, 3.63) is 241 Å². The number of carbonyl (C=O) groups excluding carboxylic acids is 3. The van der Waals surface area contributed by atoms with Crippen molar-refractivity contribution in [2.45, 2.75) is 236 Å². The minimum Gasteiger partial charge on any atom is -0.377 e. The number of hydrogen-bond acceptors (Lipinski definition) is 10. The largest absolute Gasteiger partial charge is 0.377 e. The molecule has 12 heteroatoms. The maximum Gasteiger partial charge on any atom is 0.318 e. The van der Waals surface area contributed by atoms with E-state index in [-0.39, 0.29) is 44.3 Å². The van der Waals surface area contributed by atoms with Gasteiger partial charge >= 0.3 is 6.03 Å². The summed E-state index contributed by atoms with van der Waals surface area (Å²) in [5.41, 5.74) is 26.6. The Kier molecular flexibility index (Phi) is 34.2. The molecule has 7 aromatic carbocycles. The number of rotatable bonds is 12. The summed E-state index contributed by atoms with van der Waals surface area (Å²) in [7, 11) is 1.58. The van der Waals surface area contributed by atoms with Crippen molar-refractivity contribution in [3.63, 3.8) is 0 Å². The van der Waals surface area contributed by atoms with Crippen LogP contribution >= 0.6 is 0 Å². The van der Waals surface area contributed by atoms with E-state index in [1.807, 2.05) is 36.4 Å². The number of urea groups is 1. The van der Waals surface area contributed by atoms with Crippen LogP contribution in [0.2, 0.25) is 0 Å². The molecule has 4 N–H and O–H groups in total. The molecule has 4 bridgehead atoms. The highest BCUT2D eigenvalue weighted by Gasteiger charge is 2.24. The minimum atomic E-state index is -0.253. The van der Waals surface area contributed by atoms with Crippen LogP contribution in [0.15, 0.2) is 152 Å². The highest BCUT2D eigenvalue weighted by Crippen LogP contribution is 2.34. The molecule has 102 heavy (non-hydrogen) atoms. The Bertz CT molecular complexity index is 3450. The Morgan fingerprint density at radius 3 is 0.951 bits per heavy atom. The Hall–Kier alpha value is -7.13. The van der Waals surface area contributed by atoms with Crippen molar-refractivity contribution in [2.24, 2.45) is 5.73 Å². The normalized spacial score (nSPS) is 14.2. The summed E-state index contributed by atoms with van der Waals surface area (Å²) in [6.45, 7) is 49.8. The highest BCUT2D eigenvalue weighted by molar-refractivity contribution is 5.89. The smallest absolute Gasteiger partial charge is 0.318 e. The van der Waals surface area contributed by atoms with Gasteiger partial charge in [0.15, 0.2) is 0 Å². The third kappa shape index (κ3) is 32.7. The van der Waals surface area contributed by atoms with Crippen LogP contribution in [0.5, 0.6) is 0 Å². The highest BCUT2D eigenvalue weighted by atomic mass is 16.5. The molecule has 11 rings (SSSR count). The maximum atomic E-state index is 12.7. The number of anilines is 1. The summed E-state index contributed by atoms with van der Waals surface area (Å²) < 4.78 is 33.8. The first-order valence-corrected chi connectivity index (χ1v) is 36.8. The lowest BCUT2D eigenvalue weighted by molar-refractivity contribution is -0.119. The fourth-order valence-electron chi connectivity index (χ4n) is 10.9. The van der Waals surface area contributed by atoms with Crippen LogP contribution in [0.1, 0.15) is 226 Å². The summed E-state index contributed by atoms with van der Waals surface area (Å²) in [6, 6.07) is 52.5. The SMILES string of the molecule is CC(C)(C)c1cc(CC(=O)CCc2ccc(CN)cc2)cc(C(C)(C)C)c1.CNC(=O)Nc1cccc(CCC(=O)Cc2cc(C(C)(C)C)cc(C(C)(C)C)c2)c1.Cc1cc(C(C)(C)C)cc(C(C)(C)C)c1.c1cc2ccc1COCCOCCOCc1ccc(cc1)COCCOCCOC2. The van der Waals surface area contributed by atoms with Crippen molar-refractivity contribution in [1.29, 1.82) is 0 Å². The quantitative estimate of drug-likeness (QED) is 0.108. The molecular formula is C90H127N3O9. The van der Waals surface area contributed by atoms with Gasteiger partial charge in [0.05, 0.1) is 79.3 Å². The van der Waals surface area contributed by atoms with Gasteiger partial charge in [-0.2, -0.15) is 0 Å². The molecule has 0 atom stereocenters. The molecule has 4 aliphatic heterocycles. The van der Waals surface area contributed by atoms with Crippen LogP contribution in [0.25, 0.3) is 0 Å². The molecule has 0 fully saturated rings. The van der Waals surface area contributed by atoms with E-state index >= 15 is 0 Å². The number of carbonyl (C=O) groups is 3. The molecule has 0 saturated carbocycles. The number of aryl methyl sites for hydroxylation is 3. The molecule has 0 aromatic heterocycles. The molecule has 4 heterocycles. The zero-order valence-corrected chi connectivity index (χ0v) is 66.1. The molecule has 556 valence electrons. The van der Waals surface area contributed by atoms with Gasteiger partial charge in [0.1, 0.15) is 11.6 Å². The second kappa shape index (κ2) is 40.8. The van der Waals surface area contributed by atoms with Crippen molar-refractivity contribution in [1.82, 2.24) is 5.32 Å². The summed E-state index contributed by atoms with van der Waals surface area (Å²) in [5.74, 6) is 0.523. The maximum absolute atomic E-state index is 12.7. The number of ketones is 2. The minimum absolute atomic E-state index is 0.0390. The Morgan fingerprint density at radius 2 is 0.647 bits per heavy atom. The fraction of sp³-hybridized carbons (Fsp3) is 0.500. The third-order valence-corrected chi connectivity index (χ3v) is 17.7. The predicted octanol–water partition coefficient (Wildman–Crippen LogP) is 19.4. The summed E-state index contributed by atoms with van der Waals surface area (Å²) in [5, 5.41) is 5.30. The lowest BCUT2D eigenvalue weighted by Crippen LogP contribution is -2.24. The standard InChI is InChI=1S/C26H36N2O2.C25H35NO.C24H32O6.C15H24/c1-25(2,3)20-13-19(14-21(17-20)26(4,5)6)16-23(29)12-11-18-9-8-10-22(15-18)28-24(30)27-7;1-24(2,3)21-13-20(14-22(16-21)25(4,5)6)15-23(27)12-11-18-7-9-19(17-26)10-8-18;1-2-22-4-3-21(1)17-27-13-9-25-11-15-29-19-23-5-7-24(8-6-23)20-30-16-12-26-10-14-28-18-22;1-11-8-12(14(2,3)4)10-13(9-11)15(5,6)7/h8-10,13-15,17H,11-12,16H2,1-7H3,(H2,27,28,30);7-10,13-14,16H,11-12,15,17,26H2,1-6H3;1-8H,9-20H2;8-10H,1-7H3. The van der Waals surface area contributed by atoms with Crippen LogP contribution in [-0.2, 0) is 129 Å². The van der Waals surface area contributed by atoms with Crippen molar-refractivity contribution in [2.75, 3.05) is 65.2 Å². The zero-order chi connectivity index (χ0) is 75.3. The molecule has 2 amide bonds. The number of ether oxygens (including phenoxy) is 6. The molecule has 7 aromatic rings. The van der Waals surface area contributed by atoms with E-state index in [0.717, 1.165) is 56.6 Å². The van der Waals surface area contributed by atoms with Crippen molar-refractivity contribution in [3.8, 4) is 0 Å². The van der Waals surface area contributed by atoms with Gasteiger partial charge in [0.25, 0.3) is 0 Å². The Morgan fingerprint density at radius 1 is 0.353 bits per heavy atom. The van der Waals surface area contributed by atoms with Crippen LogP contribution in [0.4, 0.5) is 10.5 Å². The van der Waals surface area contributed by atoms with Crippen LogP contribution < -0.4 is 16.4 Å². The molecule has 0 radical (unpaired) electrons. The fourth-order valence-corrected chi connectivity index (χ4v) is 10.9. The monoisotopic (exact) mass is 1390 g/mol. The summed E-state index contributed by atoms with van der Waals surface area (Å²) in [6.07, 6.45) is 3.46. The van der Waals surface area contributed by atoms with Gasteiger partial charge in [-0.1, -0.05) is 270 Å². The summed E-state index contributed by atoms with van der Waals surface area (Å²) >= 11 is 0.